The van der Waals surface area contributed by atoms with Crippen molar-refractivity contribution >= 4 is 33.8 Å². The van der Waals surface area contributed by atoms with Crippen LogP contribution in [0.5, 0.6) is 0 Å². The van der Waals surface area contributed by atoms with Gasteiger partial charge in [-0.2, -0.15) is 4.52 Å². The molecule has 0 atom stereocenters. The van der Waals surface area contributed by atoms with E-state index < -0.39 is 0 Å². The summed E-state index contributed by atoms with van der Waals surface area (Å²) in [5, 5.41) is 15.9. The van der Waals surface area contributed by atoms with Crippen molar-refractivity contribution < 1.29 is 9.18 Å². The monoisotopic (exact) mass is 451 g/mol. The fourth-order valence-corrected chi connectivity index (χ4v) is 4.91. The number of anilines is 2. The van der Waals surface area contributed by atoms with Crippen molar-refractivity contribution in [1.82, 2.24) is 24.8 Å². The smallest absolute Gasteiger partial charge is 0.229 e. The van der Waals surface area contributed by atoms with Gasteiger partial charge in [0.2, 0.25) is 5.91 Å². The van der Waals surface area contributed by atoms with Crippen LogP contribution in [0.15, 0.2) is 42.7 Å². The largest absolute Gasteiger partial charge is 0.355 e. The minimum absolute atomic E-state index is 0.0157. The maximum atomic E-state index is 14.0. The maximum Gasteiger partial charge on any atom is 0.229 e. The average Bonchev–Trinajstić information content (AvgIpc) is 3.41. The summed E-state index contributed by atoms with van der Waals surface area (Å²) in [5.41, 5.74) is 2.15. The number of carbonyl (C=O) groups is 1. The second kappa shape index (κ2) is 8.62. The van der Waals surface area contributed by atoms with Crippen LogP contribution in [0.1, 0.15) is 29.0 Å². The summed E-state index contributed by atoms with van der Waals surface area (Å²) in [6.07, 6.45) is 3.52. The van der Waals surface area contributed by atoms with Crippen LogP contribution < -0.4 is 10.2 Å². The standard InChI is InChI=1S/C22H22FN7OS/c1-14-18(12-16-4-2-3-5-17(16)23)32-22(25-14)26-21(31)15-8-10-29(11-9-15)20-7-6-19-27-24-13-30(19)28-20/h2-7,13,15H,8-12H2,1H3,(H,25,26,31). The van der Waals surface area contributed by atoms with Gasteiger partial charge in [-0.3, -0.25) is 4.79 Å². The summed E-state index contributed by atoms with van der Waals surface area (Å²) in [5.74, 6) is 0.530. The number of hydrogen-bond acceptors (Lipinski definition) is 7. The van der Waals surface area contributed by atoms with E-state index in [-0.39, 0.29) is 17.6 Å². The van der Waals surface area contributed by atoms with Crippen molar-refractivity contribution in [2.75, 3.05) is 23.3 Å². The Morgan fingerprint density at radius 2 is 2.03 bits per heavy atom. The lowest BCUT2D eigenvalue weighted by molar-refractivity contribution is -0.120. The molecule has 4 aromatic rings. The van der Waals surface area contributed by atoms with Crippen molar-refractivity contribution in [3.8, 4) is 0 Å². The normalized spacial score (nSPS) is 14.8. The Bertz CT molecular complexity index is 1260. The zero-order valence-electron chi connectivity index (χ0n) is 17.5. The van der Waals surface area contributed by atoms with E-state index in [1.807, 2.05) is 25.1 Å². The van der Waals surface area contributed by atoms with E-state index in [0.29, 0.717) is 22.8 Å². The fourth-order valence-electron chi connectivity index (χ4n) is 3.93. The van der Waals surface area contributed by atoms with Gasteiger partial charge in [-0.1, -0.05) is 18.2 Å². The summed E-state index contributed by atoms with van der Waals surface area (Å²) in [6, 6.07) is 10.6. The molecule has 1 aliphatic rings. The first kappa shape index (κ1) is 20.5. The van der Waals surface area contributed by atoms with Crippen molar-refractivity contribution in [1.29, 1.82) is 0 Å². The minimum atomic E-state index is -0.226. The molecule has 4 heterocycles. The number of aromatic nitrogens is 5. The SMILES string of the molecule is Cc1nc(NC(=O)C2CCN(c3ccc4nncn4n3)CC2)sc1Cc1ccccc1F. The molecule has 32 heavy (non-hydrogen) atoms. The van der Waals surface area contributed by atoms with Gasteiger partial charge in [-0.15, -0.1) is 26.6 Å². The Kier molecular flexibility index (Phi) is 5.52. The molecule has 1 amide bonds. The predicted molar refractivity (Wildman–Crippen MR) is 120 cm³/mol. The topological polar surface area (TPSA) is 88.3 Å². The molecular formula is C22H22FN7OS. The number of aryl methyl sites for hydroxylation is 1. The molecule has 1 fully saturated rings. The molecule has 10 heteroatoms. The van der Waals surface area contributed by atoms with E-state index in [1.165, 1.54) is 17.4 Å². The summed E-state index contributed by atoms with van der Waals surface area (Å²) >= 11 is 1.41. The molecule has 5 rings (SSSR count). The molecule has 3 aromatic heterocycles. The van der Waals surface area contributed by atoms with Gasteiger partial charge in [-0.25, -0.2) is 9.37 Å². The van der Waals surface area contributed by atoms with Gasteiger partial charge in [0.25, 0.3) is 0 Å². The lowest BCUT2D eigenvalue weighted by Gasteiger charge is -2.31. The second-order valence-corrected chi connectivity index (χ2v) is 8.96. The number of fused-ring (bicyclic) bond motifs is 1. The van der Waals surface area contributed by atoms with Crippen LogP contribution in [0.3, 0.4) is 0 Å². The fraction of sp³-hybridized carbons (Fsp3) is 0.318. The number of piperidine rings is 1. The number of benzene rings is 1. The zero-order valence-corrected chi connectivity index (χ0v) is 18.3. The van der Waals surface area contributed by atoms with Crippen LogP contribution in [0.4, 0.5) is 15.3 Å². The van der Waals surface area contributed by atoms with Crippen molar-refractivity contribution in [2.24, 2.45) is 5.92 Å². The molecule has 0 saturated carbocycles. The van der Waals surface area contributed by atoms with E-state index in [4.69, 9.17) is 0 Å². The molecule has 0 radical (unpaired) electrons. The molecule has 0 spiro atoms. The molecule has 8 nitrogen and oxygen atoms in total. The van der Waals surface area contributed by atoms with Gasteiger partial charge >= 0.3 is 0 Å². The van der Waals surface area contributed by atoms with E-state index in [2.05, 4.69) is 30.5 Å². The third kappa shape index (κ3) is 4.18. The van der Waals surface area contributed by atoms with Crippen LogP contribution in [0, 0.1) is 18.7 Å². The molecule has 0 aliphatic carbocycles. The highest BCUT2D eigenvalue weighted by Gasteiger charge is 2.26. The minimum Gasteiger partial charge on any atom is -0.355 e. The first-order valence-electron chi connectivity index (χ1n) is 10.5. The molecule has 1 N–H and O–H groups in total. The van der Waals surface area contributed by atoms with Crippen LogP contribution in [0.2, 0.25) is 0 Å². The number of hydrogen-bond donors (Lipinski definition) is 1. The Balaban J connectivity index is 1.19. The molecule has 1 aliphatic heterocycles. The molecule has 1 saturated heterocycles. The molecular weight excluding hydrogens is 429 g/mol. The van der Waals surface area contributed by atoms with Crippen molar-refractivity contribution in [3.05, 3.63) is 64.7 Å². The van der Waals surface area contributed by atoms with Crippen LogP contribution in [-0.2, 0) is 11.2 Å². The van der Waals surface area contributed by atoms with Crippen LogP contribution in [0.25, 0.3) is 5.65 Å². The lowest BCUT2D eigenvalue weighted by atomic mass is 9.96. The van der Waals surface area contributed by atoms with E-state index >= 15 is 0 Å². The van der Waals surface area contributed by atoms with Gasteiger partial charge < -0.3 is 10.2 Å². The first-order valence-corrected chi connectivity index (χ1v) is 11.3. The quantitative estimate of drug-likeness (QED) is 0.500. The van der Waals surface area contributed by atoms with E-state index in [9.17, 15) is 9.18 Å². The number of nitrogens with one attached hydrogen (secondary N) is 1. The summed E-state index contributed by atoms with van der Waals surface area (Å²) in [4.78, 5) is 20.4. The summed E-state index contributed by atoms with van der Waals surface area (Å²) in [7, 11) is 0. The molecule has 0 unspecified atom stereocenters. The van der Waals surface area contributed by atoms with E-state index in [0.717, 1.165) is 42.3 Å². The van der Waals surface area contributed by atoms with Gasteiger partial charge in [-0.05, 0) is 43.5 Å². The van der Waals surface area contributed by atoms with Crippen molar-refractivity contribution in [2.45, 2.75) is 26.2 Å². The van der Waals surface area contributed by atoms with Gasteiger partial charge in [0.1, 0.15) is 18.0 Å². The second-order valence-electron chi connectivity index (χ2n) is 7.87. The van der Waals surface area contributed by atoms with Crippen molar-refractivity contribution in [3.63, 3.8) is 0 Å². The number of amides is 1. The predicted octanol–water partition coefficient (Wildman–Crippen LogP) is 3.47. The molecule has 164 valence electrons. The van der Waals surface area contributed by atoms with Crippen LogP contribution >= 0.6 is 11.3 Å². The van der Waals surface area contributed by atoms with Gasteiger partial charge in [0.15, 0.2) is 10.8 Å². The zero-order chi connectivity index (χ0) is 22.1. The number of halogens is 1. The maximum absolute atomic E-state index is 14.0. The third-order valence-electron chi connectivity index (χ3n) is 5.77. The Labute approximate surface area is 188 Å². The van der Waals surface area contributed by atoms with Gasteiger partial charge in [0.05, 0.1) is 5.69 Å². The number of thiazole rings is 1. The van der Waals surface area contributed by atoms with Crippen LogP contribution in [-0.4, -0.2) is 43.8 Å². The highest BCUT2D eigenvalue weighted by Crippen LogP contribution is 2.28. The first-order chi connectivity index (χ1) is 15.6. The number of rotatable bonds is 5. The lowest BCUT2D eigenvalue weighted by Crippen LogP contribution is -2.38. The Morgan fingerprint density at radius 1 is 1.22 bits per heavy atom. The number of nitrogens with zero attached hydrogens (tertiary/aromatic N) is 6. The number of carbonyl (C=O) groups excluding carboxylic acids is 1. The Morgan fingerprint density at radius 3 is 2.84 bits per heavy atom. The van der Waals surface area contributed by atoms with Gasteiger partial charge in [0, 0.05) is 30.3 Å². The summed E-state index contributed by atoms with van der Waals surface area (Å²) < 4.78 is 15.6. The highest BCUT2D eigenvalue weighted by molar-refractivity contribution is 7.15. The molecule has 1 aromatic carbocycles. The highest BCUT2D eigenvalue weighted by atomic mass is 32.1. The Hall–Kier alpha value is -3.40. The van der Waals surface area contributed by atoms with E-state index in [1.54, 1.807) is 23.0 Å². The summed E-state index contributed by atoms with van der Waals surface area (Å²) in [6.45, 7) is 3.38. The third-order valence-corrected chi connectivity index (χ3v) is 6.84. The molecule has 0 bridgehead atoms. The average molecular weight is 452 g/mol.